The van der Waals surface area contributed by atoms with E-state index in [1.54, 1.807) is 9.42 Å². The number of hydrogen-bond donors (Lipinski definition) is 1. The van der Waals surface area contributed by atoms with E-state index in [1.807, 2.05) is 6.92 Å². The normalized spacial score (nSPS) is 15.2. The fourth-order valence-corrected chi connectivity index (χ4v) is 2.63. The van der Waals surface area contributed by atoms with Crippen LogP contribution < -0.4 is 0 Å². The van der Waals surface area contributed by atoms with Gasteiger partial charge in [0.05, 0.1) is 17.7 Å². The first kappa shape index (κ1) is 13.5. The topological polar surface area (TPSA) is 101 Å². The van der Waals surface area contributed by atoms with Crippen molar-refractivity contribution in [2.45, 2.75) is 19.8 Å². The zero-order valence-corrected chi connectivity index (χ0v) is 11.6. The predicted octanol–water partition coefficient (Wildman–Crippen LogP) is 0.233. The number of amides is 1. The van der Waals surface area contributed by atoms with Crippen molar-refractivity contribution in [3.05, 3.63) is 23.8 Å². The summed E-state index contributed by atoms with van der Waals surface area (Å²) in [6.07, 6.45) is 3.67. The van der Waals surface area contributed by atoms with Gasteiger partial charge < -0.3 is 10.0 Å². The van der Waals surface area contributed by atoms with Gasteiger partial charge in [-0.2, -0.15) is 10.1 Å². The lowest BCUT2D eigenvalue weighted by atomic mass is 9.95. The van der Waals surface area contributed by atoms with E-state index < -0.39 is 5.97 Å². The third-order valence-corrected chi connectivity index (χ3v) is 3.68. The zero-order valence-electron chi connectivity index (χ0n) is 11.6. The molecule has 0 bridgehead atoms. The fourth-order valence-electron chi connectivity index (χ4n) is 2.63. The first-order chi connectivity index (χ1) is 10.1. The molecule has 0 atom stereocenters. The first-order valence-electron chi connectivity index (χ1n) is 6.78. The van der Waals surface area contributed by atoms with E-state index in [0.717, 1.165) is 5.69 Å². The van der Waals surface area contributed by atoms with Crippen LogP contribution in [-0.4, -0.2) is 54.6 Å². The maximum atomic E-state index is 12.5. The van der Waals surface area contributed by atoms with Crippen LogP contribution in [0.25, 0.3) is 5.78 Å². The molecule has 1 N–H and O–H groups in total. The second-order valence-corrected chi connectivity index (χ2v) is 5.12. The summed E-state index contributed by atoms with van der Waals surface area (Å²) in [5.74, 6) is -0.444. The summed E-state index contributed by atoms with van der Waals surface area (Å²) < 4.78 is 1.57. The number of carboxylic acids is 1. The lowest BCUT2D eigenvalue weighted by Gasteiger charge is -2.38. The molecular weight excluding hydrogens is 274 g/mol. The highest BCUT2D eigenvalue weighted by Crippen LogP contribution is 2.22. The molecule has 0 aromatic carbocycles. The number of nitrogens with zero attached hydrogens (tertiary/aromatic N) is 5. The Hall–Kier alpha value is -2.51. The van der Waals surface area contributed by atoms with E-state index in [9.17, 15) is 9.59 Å². The number of carbonyl (C=O) groups excluding carboxylic acids is 1. The van der Waals surface area contributed by atoms with Gasteiger partial charge >= 0.3 is 5.97 Å². The van der Waals surface area contributed by atoms with Crippen molar-refractivity contribution < 1.29 is 14.7 Å². The molecule has 21 heavy (non-hydrogen) atoms. The Morgan fingerprint density at radius 3 is 2.81 bits per heavy atom. The molecule has 1 fully saturated rings. The van der Waals surface area contributed by atoms with Gasteiger partial charge in [-0.05, 0) is 6.42 Å². The van der Waals surface area contributed by atoms with Gasteiger partial charge in [0, 0.05) is 25.2 Å². The SMILES string of the molecule is CCc1c(C(=O)N2CC(CC(=O)O)C2)cnc2ncnn12. The van der Waals surface area contributed by atoms with Gasteiger partial charge in [-0.1, -0.05) is 6.92 Å². The van der Waals surface area contributed by atoms with Crippen molar-refractivity contribution >= 4 is 17.7 Å². The average molecular weight is 289 g/mol. The molecule has 110 valence electrons. The van der Waals surface area contributed by atoms with Crippen molar-refractivity contribution in [2.24, 2.45) is 5.92 Å². The molecule has 0 spiro atoms. The predicted molar refractivity (Wildman–Crippen MR) is 71.8 cm³/mol. The first-order valence-corrected chi connectivity index (χ1v) is 6.78. The summed E-state index contributed by atoms with van der Waals surface area (Å²) in [6.45, 7) is 2.89. The van der Waals surface area contributed by atoms with Crippen LogP contribution in [0.15, 0.2) is 12.5 Å². The van der Waals surface area contributed by atoms with Crippen molar-refractivity contribution in [3.63, 3.8) is 0 Å². The number of rotatable bonds is 4. The maximum Gasteiger partial charge on any atom is 0.303 e. The number of aryl methyl sites for hydroxylation is 1. The van der Waals surface area contributed by atoms with Crippen LogP contribution in [0.4, 0.5) is 0 Å². The Morgan fingerprint density at radius 2 is 2.14 bits per heavy atom. The van der Waals surface area contributed by atoms with Crippen LogP contribution in [0.3, 0.4) is 0 Å². The summed E-state index contributed by atoms with van der Waals surface area (Å²) in [7, 11) is 0. The van der Waals surface area contributed by atoms with Crippen LogP contribution in [0.5, 0.6) is 0 Å². The smallest absolute Gasteiger partial charge is 0.303 e. The number of carbonyl (C=O) groups is 2. The molecule has 0 radical (unpaired) electrons. The largest absolute Gasteiger partial charge is 0.481 e. The molecule has 8 nitrogen and oxygen atoms in total. The van der Waals surface area contributed by atoms with Gasteiger partial charge in [0.15, 0.2) is 0 Å². The molecule has 0 saturated carbocycles. The highest BCUT2D eigenvalue weighted by Gasteiger charge is 2.33. The molecule has 3 rings (SSSR count). The Balaban J connectivity index is 1.81. The molecule has 2 aromatic heterocycles. The van der Waals surface area contributed by atoms with E-state index in [-0.39, 0.29) is 18.2 Å². The quantitative estimate of drug-likeness (QED) is 0.865. The van der Waals surface area contributed by atoms with E-state index in [0.29, 0.717) is 30.9 Å². The molecule has 3 heterocycles. The van der Waals surface area contributed by atoms with Gasteiger partial charge in [-0.15, -0.1) is 0 Å². The lowest BCUT2D eigenvalue weighted by Crippen LogP contribution is -2.50. The van der Waals surface area contributed by atoms with Crippen molar-refractivity contribution in [2.75, 3.05) is 13.1 Å². The minimum atomic E-state index is -0.827. The monoisotopic (exact) mass is 289 g/mol. The Kier molecular flexibility index (Phi) is 3.28. The summed E-state index contributed by atoms with van der Waals surface area (Å²) in [4.78, 5) is 32.9. The number of fused-ring (bicyclic) bond motifs is 1. The summed E-state index contributed by atoms with van der Waals surface area (Å²) >= 11 is 0. The molecule has 0 unspecified atom stereocenters. The second-order valence-electron chi connectivity index (χ2n) is 5.12. The summed E-state index contributed by atoms with van der Waals surface area (Å²) in [6, 6.07) is 0. The standard InChI is InChI=1S/C13H15N5O3/c1-2-10-9(4-14-13-15-7-16-18(10)13)12(21)17-5-8(6-17)3-11(19)20/h4,7-8H,2-3,5-6H2,1H3,(H,19,20). The second kappa shape index (κ2) is 5.12. The third-order valence-electron chi connectivity index (χ3n) is 3.68. The zero-order chi connectivity index (χ0) is 15.0. The van der Waals surface area contributed by atoms with Gasteiger partial charge in [0.1, 0.15) is 6.33 Å². The number of aromatic nitrogens is 4. The van der Waals surface area contributed by atoms with Crippen LogP contribution in [0.1, 0.15) is 29.4 Å². The molecule has 1 saturated heterocycles. The van der Waals surface area contributed by atoms with Crippen LogP contribution >= 0.6 is 0 Å². The van der Waals surface area contributed by atoms with Gasteiger partial charge in [0.2, 0.25) is 0 Å². The van der Waals surface area contributed by atoms with Crippen LogP contribution in [0.2, 0.25) is 0 Å². The Morgan fingerprint density at radius 1 is 1.38 bits per heavy atom. The molecule has 0 aliphatic carbocycles. The van der Waals surface area contributed by atoms with Crippen molar-refractivity contribution in [1.82, 2.24) is 24.5 Å². The minimum Gasteiger partial charge on any atom is -0.481 e. The average Bonchev–Trinajstić information content (AvgIpc) is 2.88. The van der Waals surface area contributed by atoms with Crippen molar-refractivity contribution in [1.29, 1.82) is 0 Å². The molecule has 1 amide bonds. The molecule has 2 aromatic rings. The molecule has 1 aliphatic heterocycles. The van der Waals surface area contributed by atoms with Gasteiger partial charge in [0.25, 0.3) is 11.7 Å². The summed E-state index contributed by atoms with van der Waals surface area (Å²) in [5.41, 5.74) is 1.27. The van der Waals surface area contributed by atoms with E-state index in [4.69, 9.17) is 5.11 Å². The number of carboxylic acid groups (broad SMARTS) is 1. The molecule has 1 aliphatic rings. The molecule has 8 heteroatoms. The van der Waals surface area contributed by atoms with Crippen molar-refractivity contribution in [3.8, 4) is 0 Å². The van der Waals surface area contributed by atoms with Crippen LogP contribution in [-0.2, 0) is 11.2 Å². The minimum absolute atomic E-state index is 0.0413. The van der Waals surface area contributed by atoms with E-state index >= 15 is 0 Å². The highest BCUT2D eigenvalue weighted by molar-refractivity contribution is 5.95. The third kappa shape index (κ3) is 2.32. The van der Waals surface area contributed by atoms with E-state index in [1.165, 1.54) is 12.5 Å². The Bertz CT molecular complexity index is 705. The fraction of sp³-hybridized carbons (Fsp3) is 0.462. The van der Waals surface area contributed by atoms with E-state index in [2.05, 4.69) is 15.1 Å². The number of likely N-dealkylation sites (tertiary alicyclic amines) is 1. The summed E-state index contributed by atoms with van der Waals surface area (Å²) in [5, 5.41) is 12.8. The number of aliphatic carboxylic acids is 1. The lowest BCUT2D eigenvalue weighted by molar-refractivity contribution is -0.139. The van der Waals surface area contributed by atoms with Gasteiger partial charge in [-0.25, -0.2) is 9.50 Å². The number of hydrogen-bond acceptors (Lipinski definition) is 5. The Labute approximate surface area is 120 Å². The molecular formula is C13H15N5O3. The maximum absolute atomic E-state index is 12.5. The van der Waals surface area contributed by atoms with Crippen LogP contribution in [0, 0.1) is 5.92 Å². The highest BCUT2D eigenvalue weighted by atomic mass is 16.4. The van der Waals surface area contributed by atoms with Gasteiger partial charge in [-0.3, -0.25) is 9.59 Å².